The smallest absolute Gasteiger partial charge is 0.185 e. The van der Waals surface area contributed by atoms with Gasteiger partial charge in [0.1, 0.15) is 5.76 Å². The summed E-state index contributed by atoms with van der Waals surface area (Å²) in [6.45, 7) is 8.55. The first-order chi connectivity index (χ1) is 5.49. The Balaban J connectivity index is 4.69. The number of allylic oxidation sites excluding steroid dienone is 2. The van der Waals surface area contributed by atoms with Crippen molar-refractivity contribution in [1.82, 2.24) is 0 Å². The lowest BCUT2D eigenvalue weighted by Crippen LogP contribution is -1.90. The Morgan fingerprint density at radius 2 is 1.83 bits per heavy atom. The molecule has 12 heavy (non-hydrogen) atoms. The minimum Gasteiger partial charge on any atom is -0.494 e. The van der Waals surface area contributed by atoms with Crippen LogP contribution < -0.4 is 0 Å². The van der Waals surface area contributed by atoms with Gasteiger partial charge in [-0.1, -0.05) is 6.58 Å². The number of ether oxygens (including phenoxy) is 1. The zero-order valence-corrected chi connectivity index (χ0v) is 7.94. The summed E-state index contributed by atoms with van der Waals surface area (Å²) in [4.78, 5) is 3.93. The maximum atomic E-state index is 13.1. The molecule has 0 bridgehead atoms. The largest absolute Gasteiger partial charge is 0.494 e. The van der Waals surface area contributed by atoms with Gasteiger partial charge in [0.2, 0.25) is 0 Å². The van der Waals surface area contributed by atoms with E-state index in [-0.39, 0.29) is 5.76 Å². The van der Waals surface area contributed by atoms with E-state index in [9.17, 15) is 4.39 Å². The standard InChI is InChI=1S/C9H14FNO/c1-6(2)11-7(3)9(10)8(4)12-5/h4H2,1-3,5H3/b9-7+. The molecule has 0 atom stereocenters. The molecular formula is C9H14FNO. The molecule has 0 spiro atoms. The Bertz CT molecular complexity index is 237. The van der Waals surface area contributed by atoms with Crippen molar-refractivity contribution >= 4 is 5.71 Å². The third-order valence-corrected chi connectivity index (χ3v) is 1.20. The van der Waals surface area contributed by atoms with E-state index in [1.807, 2.05) is 0 Å². The summed E-state index contributed by atoms with van der Waals surface area (Å²) in [5.41, 5.74) is 1.09. The van der Waals surface area contributed by atoms with Crippen LogP contribution in [0.4, 0.5) is 4.39 Å². The molecule has 0 aromatic carbocycles. The SMILES string of the molecule is C=C(OC)/C(F)=C(/C)N=C(C)C. The minimum atomic E-state index is -0.501. The van der Waals surface area contributed by atoms with E-state index in [2.05, 4.69) is 16.3 Å². The fourth-order valence-corrected chi connectivity index (χ4v) is 0.676. The van der Waals surface area contributed by atoms with Crippen molar-refractivity contribution in [2.24, 2.45) is 4.99 Å². The molecule has 2 nitrogen and oxygen atoms in total. The molecule has 0 rings (SSSR count). The van der Waals surface area contributed by atoms with Crippen molar-refractivity contribution in [2.75, 3.05) is 7.11 Å². The molecule has 0 fully saturated rings. The number of hydrogen-bond donors (Lipinski definition) is 0. The van der Waals surface area contributed by atoms with Gasteiger partial charge in [-0.3, -0.25) is 4.99 Å². The number of methoxy groups -OCH3 is 1. The molecule has 0 unspecified atom stereocenters. The van der Waals surface area contributed by atoms with Crippen molar-refractivity contribution in [2.45, 2.75) is 20.8 Å². The van der Waals surface area contributed by atoms with Crippen LogP contribution in [0.2, 0.25) is 0 Å². The molecule has 0 aliphatic carbocycles. The maximum Gasteiger partial charge on any atom is 0.185 e. The van der Waals surface area contributed by atoms with Crippen LogP contribution in [0, 0.1) is 0 Å². The highest BCUT2D eigenvalue weighted by Gasteiger charge is 2.04. The summed E-state index contributed by atoms with van der Waals surface area (Å²) in [5.74, 6) is -0.490. The Morgan fingerprint density at radius 3 is 2.17 bits per heavy atom. The molecule has 0 radical (unpaired) electrons. The van der Waals surface area contributed by atoms with Gasteiger partial charge in [0.25, 0.3) is 0 Å². The van der Waals surface area contributed by atoms with Gasteiger partial charge in [-0.25, -0.2) is 4.39 Å². The van der Waals surface area contributed by atoms with Crippen LogP contribution in [0.3, 0.4) is 0 Å². The molecule has 0 aromatic rings. The zero-order valence-electron chi connectivity index (χ0n) is 7.94. The molecule has 0 saturated heterocycles. The van der Waals surface area contributed by atoms with E-state index in [1.165, 1.54) is 7.11 Å². The van der Waals surface area contributed by atoms with E-state index in [0.29, 0.717) is 5.70 Å². The van der Waals surface area contributed by atoms with Crippen LogP contribution in [-0.4, -0.2) is 12.8 Å². The van der Waals surface area contributed by atoms with Crippen molar-refractivity contribution in [1.29, 1.82) is 0 Å². The quantitative estimate of drug-likeness (QED) is 0.363. The molecular weight excluding hydrogens is 157 g/mol. The molecule has 68 valence electrons. The van der Waals surface area contributed by atoms with Crippen LogP contribution in [-0.2, 0) is 4.74 Å². The topological polar surface area (TPSA) is 21.6 Å². The molecule has 0 aliphatic rings. The molecule has 0 aromatic heterocycles. The highest BCUT2D eigenvalue weighted by atomic mass is 19.1. The average molecular weight is 171 g/mol. The van der Waals surface area contributed by atoms with E-state index in [4.69, 9.17) is 0 Å². The van der Waals surface area contributed by atoms with Crippen LogP contribution in [0.25, 0.3) is 0 Å². The lowest BCUT2D eigenvalue weighted by molar-refractivity contribution is 0.284. The van der Waals surface area contributed by atoms with Gasteiger partial charge in [-0.15, -0.1) is 0 Å². The van der Waals surface area contributed by atoms with E-state index >= 15 is 0 Å². The Kier molecular flexibility index (Phi) is 4.26. The first-order valence-electron chi connectivity index (χ1n) is 3.60. The summed E-state index contributed by atoms with van der Waals surface area (Å²) in [5, 5.41) is 0. The van der Waals surface area contributed by atoms with Crippen LogP contribution in [0.5, 0.6) is 0 Å². The van der Waals surface area contributed by atoms with Gasteiger partial charge in [0, 0.05) is 5.71 Å². The summed E-state index contributed by atoms with van der Waals surface area (Å²) in [7, 11) is 1.37. The van der Waals surface area contributed by atoms with Gasteiger partial charge in [-0.2, -0.15) is 0 Å². The van der Waals surface area contributed by atoms with Gasteiger partial charge in [-0.05, 0) is 20.8 Å². The molecule has 0 N–H and O–H groups in total. The first-order valence-corrected chi connectivity index (χ1v) is 3.60. The first kappa shape index (κ1) is 10.9. The van der Waals surface area contributed by atoms with Crippen molar-refractivity contribution in [3.63, 3.8) is 0 Å². The van der Waals surface area contributed by atoms with Gasteiger partial charge >= 0.3 is 0 Å². The Morgan fingerprint density at radius 1 is 1.33 bits per heavy atom. The van der Waals surface area contributed by atoms with Crippen molar-refractivity contribution < 1.29 is 9.13 Å². The molecule has 0 aliphatic heterocycles. The van der Waals surface area contributed by atoms with Gasteiger partial charge < -0.3 is 4.74 Å². The summed E-state index contributed by atoms with van der Waals surface area (Å²) in [6, 6.07) is 0. The fraction of sp³-hybridized carbons (Fsp3) is 0.444. The maximum absolute atomic E-state index is 13.1. The van der Waals surface area contributed by atoms with Gasteiger partial charge in [0.05, 0.1) is 12.8 Å². The van der Waals surface area contributed by atoms with Gasteiger partial charge in [0.15, 0.2) is 5.83 Å². The number of nitrogens with zero attached hydrogens (tertiary/aromatic N) is 1. The van der Waals surface area contributed by atoms with Crippen LogP contribution in [0.15, 0.2) is 28.9 Å². The second-order valence-corrected chi connectivity index (χ2v) is 2.59. The second-order valence-electron chi connectivity index (χ2n) is 2.59. The fourth-order valence-electron chi connectivity index (χ4n) is 0.676. The third-order valence-electron chi connectivity index (χ3n) is 1.20. The number of aliphatic imine (C=N–C) groups is 1. The normalized spacial score (nSPS) is 11.8. The van der Waals surface area contributed by atoms with Crippen molar-refractivity contribution in [3.8, 4) is 0 Å². The lowest BCUT2D eigenvalue weighted by Gasteiger charge is -2.02. The number of halogens is 1. The van der Waals surface area contributed by atoms with Crippen molar-refractivity contribution in [3.05, 3.63) is 23.9 Å². The Hall–Kier alpha value is -1.12. The minimum absolute atomic E-state index is 0.0116. The number of rotatable bonds is 3. The molecule has 0 saturated carbocycles. The van der Waals surface area contributed by atoms with Crippen LogP contribution in [0.1, 0.15) is 20.8 Å². The zero-order chi connectivity index (χ0) is 9.72. The van der Waals surface area contributed by atoms with E-state index in [1.54, 1.807) is 20.8 Å². The predicted molar refractivity (Wildman–Crippen MR) is 48.7 cm³/mol. The lowest BCUT2D eigenvalue weighted by atomic mass is 10.3. The predicted octanol–water partition coefficient (Wildman–Crippen LogP) is 2.83. The summed E-state index contributed by atoms with van der Waals surface area (Å²) < 4.78 is 17.7. The monoisotopic (exact) mass is 171 g/mol. The number of hydrogen-bond acceptors (Lipinski definition) is 2. The van der Waals surface area contributed by atoms with Crippen LogP contribution >= 0.6 is 0 Å². The Labute approximate surface area is 72.5 Å². The highest BCUT2D eigenvalue weighted by Crippen LogP contribution is 2.15. The molecule has 0 amide bonds. The average Bonchev–Trinajstić information content (AvgIpc) is 2.00. The third kappa shape index (κ3) is 3.32. The summed E-state index contributed by atoms with van der Waals surface area (Å²) in [6.07, 6.45) is 0. The van der Waals surface area contributed by atoms with E-state index < -0.39 is 5.83 Å². The van der Waals surface area contributed by atoms with E-state index in [0.717, 1.165) is 5.71 Å². The molecule has 3 heteroatoms. The highest BCUT2D eigenvalue weighted by molar-refractivity contribution is 5.80. The molecule has 0 heterocycles. The second kappa shape index (κ2) is 4.70. The summed E-state index contributed by atoms with van der Waals surface area (Å²) >= 11 is 0.